The van der Waals surface area contributed by atoms with Crippen molar-refractivity contribution in [3.8, 4) is 5.75 Å². The van der Waals surface area contributed by atoms with E-state index in [0.29, 0.717) is 52.6 Å². The molecule has 2 bridgehead atoms. The van der Waals surface area contributed by atoms with E-state index in [1.807, 2.05) is 18.2 Å². The molecule has 1 saturated heterocycles. The average molecular weight is 651 g/mol. The molecule has 3 saturated carbocycles. The number of ether oxygens (including phenoxy) is 1. The van der Waals surface area contributed by atoms with Crippen molar-refractivity contribution >= 4 is 22.5 Å². The van der Waals surface area contributed by atoms with Crippen LogP contribution in [-0.2, 0) is 19.5 Å². The molecule has 4 atom stereocenters. The van der Waals surface area contributed by atoms with Crippen molar-refractivity contribution in [1.29, 1.82) is 0 Å². The van der Waals surface area contributed by atoms with Crippen LogP contribution in [0, 0.1) is 29.0 Å². The highest BCUT2D eigenvalue weighted by Crippen LogP contribution is 2.61. The standard InChI is InChI=1S/C39H47FN6O2/c1-26-33-20-29(39(33,2)3)21-35(26)43-38(45-18-16-44(17-19-45)24-27-8-6-5-7-9-27)42-30-11-13-32-36(22-30)41-25-46(37(32)47)15-14-28-10-12-31(48-4)23-34(28)40/h5-13,22-23,25-26,29,33,35H,14-21,24H2,1-4H3,(H,42,43)/t26-,29-,33-,35+/m1/s1. The number of aromatic nitrogens is 2. The van der Waals surface area contributed by atoms with Crippen LogP contribution in [0.4, 0.5) is 10.1 Å². The molecule has 48 heavy (non-hydrogen) atoms. The number of fused-ring (bicyclic) bond motifs is 3. The first-order chi connectivity index (χ1) is 23.2. The predicted molar refractivity (Wildman–Crippen MR) is 189 cm³/mol. The van der Waals surface area contributed by atoms with E-state index < -0.39 is 0 Å². The number of aliphatic imine (C=N–C) groups is 1. The van der Waals surface area contributed by atoms with E-state index in [-0.39, 0.29) is 11.4 Å². The van der Waals surface area contributed by atoms with Gasteiger partial charge in [-0.05, 0) is 77.8 Å². The van der Waals surface area contributed by atoms with Gasteiger partial charge < -0.3 is 15.0 Å². The Hall–Kier alpha value is -4.24. The molecule has 1 aromatic heterocycles. The normalized spacial score (nSPS) is 23.9. The Morgan fingerprint density at radius 2 is 1.83 bits per heavy atom. The van der Waals surface area contributed by atoms with Crippen LogP contribution in [0.2, 0.25) is 0 Å². The Morgan fingerprint density at radius 3 is 2.54 bits per heavy atom. The molecule has 252 valence electrons. The van der Waals surface area contributed by atoms with Gasteiger partial charge in [-0.25, -0.2) is 14.4 Å². The van der Waals surface area contributed by atoms with Crippen molar-refractivity contribution in [3.05, 3.63) is 100 Å². The molecule has 4 aliphatic rings. The number of methoxy groups -OCH3 is 1. The van der Waals surface area contributed by atoms with Gasteiger partial charge in [0.15, 0.2) is 5.96 Å². The number of piperazine rings is 1. The zero-order valence-electron chi connectivity index (χ0n) is 28.5. The summed E-state index contributed by atoms with van der Waals surface area (Å²) in [6, 6.07) is 21.5. The number of hydrogen-bond donors (Lipinski definition) is 1. The van der Waals surface area contributed by atoms with Crippen molar-refractivity contribution in [2.24, 2.45) is 28.2 Å². The summed E-state index contributed by atoms with van der Waals surface area (Å²) in [7, 11) is 1.51. The fraction of sp³-hybridized carbons (Fsp3) is 0.462. The predicted octanol–water partition coefficient (Wildman–Crippen LogP) is 6.25. The van der Waals surface area contributed by atoms with E-state index in [1.165, 1.54) is 25.2 Å². The molecule has 3 aliphatic carbocycles. The summed E-state index contributed by atoms with van der Waals surface area (Å²) < 4.78 is 21.2. The first-order valence-electron chi connectivity index (χ1n) is 17.4. The van der Waals surface area contributed by atoms with Gasteiger partial charge in [0.1, 0.15) is 11.6 Å². The molecule has 2 heterocycles. The fourth-order valence-corrected chi connectivity index (χ4v) is 8.26. The van der Waals surface area contributed by atoms with E-state index >= 15 is 0 Å². The van der Waals surface area contributed by atoms with Gasteiger partial charge in [-0.3, -0.25) is 14.3 Å². The Balaban J connectivity index is 1.10. The molecule has 1 aliphatic heterocycles. The molecule has 9 heteroatoms. The fourth-order valence-electron chi connectivity index (χ4n) is 8.26. The number of rotatable bonds is 8. The molecule has 0 unspecified atom stereocenters. The third-order valence-electron chi connectivity index (χ3n) is 11.5. The van der Waals surface area contributed by atoms with Gasteiger partial charge in [0.2, 0.25) is 0 Å². The summed E-state index contributed by atoms with van der Waals surface area (Å²) in [6.07, 6.45) is 4.43. The molecule has 0 amide bonds. The Morgan fingerprint density at radius 1 is 1.04 bits per heavy atom. The number of nitrogens with zero attached hydrogens (tertiary/aromatic N) is 5. The minimum Gasteiger partial charge on any atom is -0.497 e. The SMILES string of the molecule is COc1ccc(CCn2cnc3cc(N=C(N[C@H]4C[C@H]5C[C@H]([C@H]4C)C5(C)C)N4CCN(Cc5ccccc5)CC4)ccc3c2=O)c(F)c1. The summed E-state index contributed by atoms with van der Waals surface area (Å²) in [4.78, 5) is 28.2. The lowest BCUT2D eigenvalue weighted by atomic mass is 9.45. The molecule has 4 aromatic rings. The van der Waals surface area contributed by atoms with E-state index in [4.69, 9.17) is 9.73 Å². The minimum atomic E-state index is -0.343. The van der Waals surface area contributed by atoms with E-state index in [2.05, 4.69) is 71.2 Å². The maximum atomic E-state index is 14.5. The van der Waals surface area contributed by atoms with Crippen molar-refractivity contribution < 1.29 is 9.13 Å². The summed E-state index contributed by atoms with van der Waals surface area (Å²) in [5.41, 5.74) is 3.52. The maximum absolute atomic E-state index is 14.5. The maximum Gasteiger partial charge on any atom is 0.261 e. The third kappa shape index (κ3) is 6.44. The van der Waals surface area contributed by atoms with Gasteiger partial charge in [0, 0.05) is 51.4 Å². The highest BCUT2D eigenvalue weighted by Gasteiger charge is 2.56. The topological polar surface area (TPSA) is 75.0 Å². The molecular formula is C39H47FN6O2. The lowest BCUT2D eigenvalue weighted by Gasteiger charge is -2.62. The minimum absolute atomic E-state index is 0.143. The molecular weight excluding hydrogens is 603 g/mol. The van der Waals surface area contributed by atoms with Crippen LogP contribution in [0.3, 0.4) is 0 Å². The second kappa shape index (κ2) is 13.3. The lowest BCUT2D eigenvalue weighted by Crippen LogP contribution is -2.62. The largest absolute Gasteiger partial charge is 0.497 e. The number of nitrogens with one attached hydrogen (secondary N) is 1. The van der Waals surface area contributed by atoms with E-state index in [0.717, 1.165) is 62.6 Å². The van der Waals surface area contributed by atoms with Gasteiger partial charge in [-0.15, -0.1) is 0 Å². The molecule has 8 nitrogen and oxygen atoms in total. The number of benzene rings is 3. The monoisotopic (exact) mass is 650 g/mol. The van der Waals surface area contributed by atoms with Crippen LogP contribution in [0.1, 0.15) is 44.7 Å². The zero-order valence-corrected chi connectivity index (χ0v) is 28.5. The summed E-state index contributed by atoms with van der Waals surface area (Å²) >= 11 is 0. The zero-order chi connectivity index (χ0) is 33.4. The van der Waals surface area contributed by atoms with Gasteiger partial charge in [-0.2, -0.15) is 0 Å². The first-order valence-corrected chi connectivity index (χ1v) is 17.4. The van der Waals surface area contributed by atoms with Gasteiger partial charge >= 0.3 is 0 Å². The van der Waals surface area contributed by atoms with Crippen molar-refractivity contribution in [2.45, 2.75) is 59.2 Å². The second-order valence-corrected chi connectivity index (χ2v) is 14.5. The highest BCUT2D eigenvalue weighted by molar-refractivity contribution is 5.86. The third-order valence-corrected chi connectivity index (χ3v) is 11.5. The summed E-state index contributed by atoms with van der Waals surface area (Å²) in [5, 5.41) is 4.46. The van der Waals surface area contributed by atoms with E-state index in [9.17, 15) is 9.18 Å². The van der Waals surface area contributed by atoms with E-state index in [1.54, 1.807) is 23.0 Å². The Bertz CT molecular complexity index is 1850. The second-order valence-electron chi connectivity index (χ2n) is 14.5. The van der Waals surface area contributed by atoms with Crippen molar-refractivity contribution in [1.82, 2.24) is 24.7 Å². The number of aryl methyl sites for hydroxylation is 2. The highest BCUT2D eigenvalue weighted by atomic mass is 19.1. The number of hydrogen-bond acceptors (Lipinski definition) is 5. The summed E-state index contributed by atoms with van der Waals surface area (Å²) in [6.45, 7) is 12.3. The van der Waals surface area contributed by atoms with Crippen LogP contribution in [0.15, 0.2) is 82.8 Å². The Kier molecular flexibility index (Phi) is 8.98. The molecule has 3 aromatic carbocycles. The quantitative estimate of drug-likeness (QED) is 0.180. The molecule has 8 rings (SSSR count). The van der Waals surface area contributed by atoms with Crippen LogP contribution in [0.25, 0.3) is 10.9 Å². The van der Waals surface area contributed by atoms with Gasteiger partial charge in [-0.1, -0.05) is 57.2 Å². The van der Waals surface area contributed by atoms with Crippen LogP contribution < -0.4 is 15.6 Å². The number of guanidine groups is 1. The Labute approximate surface area is 282 Å². The van der Waals surface area contributed by atoms with Crippen LogP contribution in [0.5, 0.6) is 5.75 Å². The molecule has 0 spiro atoms. The molecule has 1 N–H and O–H groups in total. The van der Waals surface area contributed by atoms with Crippen molar-refractivity contribution in [3.63, 3.8) is 0 Å². The lowest BCUT2D eigenvalue weighted by molar-refractivity contribution is -0.112. The molecule has 4 fully saturated rings. The van der Waals surface area contributed by atoms with Gasteiger partial charge in [0.25, 0.3) is 5.56 Å². The number of halogens is 1. The average Bonchev–Trinajstić information content (AvgIpc) is 3.09. The molecule has 0 radical (unpaired) electrons. The van der Waals surface area contributed by atoms with Crippen molar-refractivity contribution in [2.75, 3.05) is 33.3 Å². The summed E-state index contributed by atoms with van der Waals surface area (Å²) in [5.74, 6) is 3.08. The van der Waals surface area contributed by atoms with Crippen LogP contribution in [-0.4, -0.2) is 64.6 Å². The van der Waals surface area contributed by atoms with Crippen LogP contribution >= 0.6 is 0 Å². The first kappa shape index (κ1) is 32.3. The van der Waals surface area contributed by atoms with Gasteiger partial charge in [0.05, 0.1) is 30.0 Å². The smallest absolute Gasteiger partial charge is 0.261 e.